The minimum Gasteiger partial charge on any atom is -0.507 e. The van der Waals surface area contributed by atoms with Gasteiger partial charge in [0.15, 0.2) is 0 Å². The number of amides is 2. The number of carbonyl (C=O) groups is 2. The Labute approximate surface area is 153 Å². The van der Waals surface area contributed by atoms with Crippen LogP contribution in [-0.2, 0) is 4.79 Å². The topological polar surface area (TPSA) is 60.9 Å². The number of nitrogens with zero attached hydrogens (tertiary/aromatic N) is 2. The van der Waals surface area contributed by atoms with Crippen molar-refractivity contribution in [3.8, 4) is 5.75 Å². The van der Waals surface area contributed by atoms with Crippen LogP contribution in [-0.4, -0.2) is 38.5 Å². The molecule has 0 aromatic heterocycles. The fraction of sp³-hybridized carbons (Fsp3) is 0.619. The Morgan fingerprint density at radius 2 is 1.62 bits per heavy atom. The van der Waals surface area contributed by atoms with Crippen molar-refractivity contribution in [2.24, 2.45) is 23.7 Å². The van der Waals surface area contributed by atoms with Crippen molar-refractivity contribution in [3.05, 3.63) is 29.8 Å². The largest absolute Gasteiger partial charge is 0.507 e. The van der Waals surface area contributed by atoms with Crippen LogP contribution in [0.4, 0.5) is 0 Å². The van der Waals surface area contributed by atoms with Crippen molar-refractivity contribution in [3.63, 3.8) is 0 Å². The molecule has 5 heteroatoms. The summed E-state index contributed by atoms with van der Waals surface area (Å²) in [6.07, 6.45) is 6.14. The number of carbonyl (C=O) groups excluding carboxylic acids is 2. The van der Waals surface area contributed by atoms with Crippen LogP contribution < -0.4 is 0 Å². The van der Waals surface area contributed by atoms with E-state index in [4.69, 9.17) is 0 Å². The third-order valence-corrected chi connectivity index (χ3v) is 7.26. The van der Waals surface area contributed by atoms with Gasteiger partial charge in [-0.25, -0.2) is 10.0 Å². The summed E-state index contributed by atoms with van der Waals surface area (Å²) in [6.45, 7) is 3.61. The molecule has 1 saturated heterocycles. The molecular formula is C21H26N2O3. The predicted octanol–water partition coefficient (Wildman–Crippen LogP) is 3.19. The van der Waals surface area contributed by atoms with E-state index >= 15 is 0 Å². The molecule has 1 aromatic carbocycles. The molecule has 4 bridgehead atoms. The fourth-order valence-electron chi connectivity index (χ4n) is 6.37. The van der Waals surface area contributed by atoms with E-state index in [1.807, 2.05) is 0 Å². The quantitative estimate of drug-likeness (QED) is 0.887. The van der Waals surface area contributed by atoms with Crippen LogP contribution in [0.25, 0.3) is 0 Å². The van der Waals surface area contributed by atoms with Crippen LogP contribution in [0, 0.1) is 23.7 Å². The molecular weight excluding hydrogens is 328 g/mol. The number of benzene rings is 1. The molecule has 26 heavy (non-hydrogen) atoms. The first-order valence-electron chi connectivity index (χ1n) is 9.84. The molecule has 1 heterocycles. The van der Waals surface area contributed by atoms with Crippen molar-refractivity contribution in [2.45, 2.75) is 57.5 Å². The van der Waals surface area contributed by atoms with Crippen molar-refractivity contribution in [1.29, 1.82) is 0 Å². The van der Waals surface area contributed by atoms with E-state index in [9.17, 15) is 14.7 Å². The second-order valence-electron chi connectivity index (χ2n) is 9.26. The van der Waals surface area contributed by atoms with Gasteiger partial charge in [0, 0.05) is 0 Å². The van der Waals surface area contributed by atoms with Gasteiger partial charge in [-0.3, -0.25) is 9.59 Å². The number of hydrogen-bond acceptors (Lipinski definition) is 3. The fourth-order valence-corrected chi connectivity index (χ4v) is 6.37. The van der Waals surface area contributed by atoms with E-state index in [0.717, 1.165) is 11.8 Å². The maximum absolute atomic E-state index is 13.2. The number of hydrazine groups is 1. The summed E-state index contributed by atoms with van der Waals surface area (Å²) in [5, 5.41) is 13.5. The smallest absolute Gasteiger partial charge is 0.277 e. The van der Waals surface area contributed by atoms with Crippen molar-refractivity contribution < 1.29 is 14.7 Å². The van der Waals surface area contributed by atoms with Crippen LogP contribution in [0.1, 0.15) is 56.3 Å². The minimum atomic E-state index is -0.853. The Hall–Kier alpha value is -2.04. The van der Waals surface area contributed by atoms with Gasteiger partial charge in [-0.1, -0.05) is 12.1 Å². The predicted molar refractivity (Wildman–Crippen MR) is 96.0 cm³/mol. The summed E-state index contributed by atoms with van der Waals surface area (Å²) < 4.78 is 0. The third-order valence-electron chi connectivity index (χ3n) is 7.26. The summed E-state index contributed by atoms with van der Waals surface area (Å²) in [6, 6.07) is 6.75. The molecule has 0 atom stereocenters. The molecule has 1 N–H and O–H groups in total. The Bertz CT molecular complexity index is 759. The van der Waals surface area contributed by atoms with Gasteiger partial charge in [0.2, 0.25) is 0 Å². The zero-order chi connectivity index (χ0) is 18.2. The van der Waals surface area contributed by atoms with Gasteiger partial charge in [-0.05, 0) is 81.8 Å². The highest BCUT2D eigenvalue weighted by molar-refractivity contribution is 6.05. The molecule has 138 valence electrons. The zero-order valence-corrected chi connectivity index (χ0v) is 15.4. The van der Waals surface area contributed by atoms with Gasteiger partial charge in [-0.2, -0.15) is 0 Å². The number of phenols is 1. The lowest BCUT2D eigenvalue weighted by atomic mass is 9.53. The van der Waals surface area contributed by atoms with E-state index in [-0.39, 0.29) is 29.2 Å². The molecule has 0 unspecified atom stereocenters. The zero-order valence-electron chi connectivity index (χ0n) is 15.4. The molecule has 1 aromatic rings. The molecule has 5 nitrogen and oxygen atoms in total. The average Bonchev–Trinajstić information content (AvgIpc) is 2.59. The van der Waals surface area contributed by atoms with Gasteiger partial charge >= 0.3 is 0 Å². The Balaban J connectivity index is 1.49. The summed E-state index contributed by atoms with van der Waals surface area (Å²) in [4.78, 5) is 26.2. The molecule has 4 saturated carbocycles. The van der Waals surface area contributed by atoms with Crippen LogP contribution in [0.15, 0.2) is 24.3 Å². The number of rotatable bonds is 2. The van der Waals surface area contributed by atoms with Gasteiger partial charge in [0.1, 0.15) is 11.3 Å². The maximum atomic E-state index is 13.2. The lowest BCUT2D eigenvalue weighted by Gasteiger charge is -2.65. The van der Waals surface area contributed by atoms with Gasteiger partial charge in [0.25, 0.3) is 11.8 Å². The van der Waals surface area contributed by atoms with E-state index in [0.29, 0.717) is 11.8 Å². The normalized spacial score (nSPS) is 37.0. The van der Waals surface area contributed by atoms with E-state index in [1.54, 1.807) is 42.1 Å². The average molecular weight is 354 g/mol. The van der Waals surface area contributed by atoms with Gasteiger partial charge < -0.3 is 5.11 Å². The van der Waals surface area contributed by atoms with Crippen molar-refractivity contribution in [2.75, 3.05) is 0 Å². The molecule has 1 aliphatic heterocycles. The Morgan fingerprint density at radius 3 is 2.19 bits per heavy atom. The van der Waals surface area contributed by atoms with Crippen LogP contribution in [0.3, 0.4) is 0 Å². The maximum Gasteiger partial charge on any atom is 0.277 e. The first-order valence-corrected chi connectivity index (χ1v) is 9.84. The molecule has 5 fully saturated rings. The number of hydrogen-bond donors (Lipinski definition) is 1. The van der Waals surface area contributed by atoms with Crippen molar-refractivity contribution in [1.82, 2.24) is 10.0 Å². The lowest BCUT2D eigenvalue weighted by Crippen LogP contribution is -2.80. The third kappa shape index (κ3) is 2.03. The highest BCUT2D eigenvalue weighted by atomic mass is 16.3. The molecule has 0 spiro atoms. The SMILES string of the molecule is CC1(C)C(=O)N(C2C3CC4CC(C3)CC2C4)N1C(=O)c1ccccc1O. The Morgan fingerprint density at radius 1 is 1.04 bits per heavy atom. The molecule has 2 amide bonds. The number of aromatic hydroxyl groups is 1. The molecule has 6 rings (SSSR count). The highest BCUT2D eigenvalue weighted by Gasteiger charge is 2.62. The Kier molecular flexibility index (Phi) is 3.26. The summed E-state index contributed by atoms with van der Waals surface area (Å²) in [7, 11) is 0. The van der Waals surface area contributed by atoms with E-state index < -0.39 is 5.54 Å². The highest BCUT2D eigenvalue weighted by Crippen LogP contribution is 2.57. The molecule has 5 aliphatic rings. The standard InChI is InChI=1S/C21H26N2O3/c1-21(2)20(26)22(23(21)19(25)16-5-3-4-6-17(16)24)18-14-8-12-7-13(10-14)11-15(18)9-12/h3-6,12-15,18,24H,7-11H2,1-2H3. The van der Waals surface area contributed by atoms with Gasteiger partial charge in [0.05, 0.1) is 11.6 Å². The van der Waals surface area contributed by atoms with Crippen molar-refractivity contribution >= 4 is 11.8 Å². The second-order valence-corrected chi connectivity index (χ2v) is 9.26. The summed E-state index contributed by atoms with van der Waals surface area (Å²) >= 11 is 0. The van der Waals surface area contributed by atoms with E-state index in [2.05, 4.69) is 0 Å². The summed E-state index contributed by atoms with van der Waals surface area (Å²) in [5.41, 5.74) is -0.588. The van der Waals surface area contributed by atoms with Crippen LogP contribution in [0.2, 0.25) is 0 Å². The number of phenolic OH excluding ortho intramolecular Hbond substituents is 1. The monoisotopic (exact) mass is 354 g/mol. The first-order chi connectivity index (χ1) is 12.4. The van der Waals surface area contributed by atoms with Crippen LogP contribution >= 0.6 is 0 Å². The van der Waals surface area contributed by atoms with Gasteiger partial charge in [-0.15, -0.1) is 0 Å². The van der Waals surface area contributed by atoms with E-state index in [1.165, 1.54) is 38.2 Å². The summed E-state index contributed by atoms with van der Waals surface area (Å²) in [5.74, 6) is 2.41. The molecule has 0 radical (unpaired) electrons. The second kappa shape index (κ2) is 5.24. The lowest BCUT2D eigenvalue weighted by molar-refractivity contribution is -0.230. The number of para-hydroxylation sites is 1. The molecule has 4 aliphatic carbocycles. The first kappa shape index (κ1) is 16.2. The minimum absolute atomic E-state index is 0.0299. The van der Waals surface area contributed by atoms with Crippen LogP contribution in [0.5, 0.6) is 5.75 Å².